The summed E-state index contributed by atoms with van der Waals surface area (Å²) in [6.07, 6.45) is 2.42. The average Bonchev–Trinajstić information content (AvgIpc) is 2.74. The number of benzene rings is 1. The Kier molecular flexibility index (Phi) is 9.53. The quantitative estimate of drug-likeness (QED) is 0.348. The van der Waals surface area contributed by atoms with E-state index in [9.17, 15) is 14.4 Å². The van der Waals surface area contributed by atoms with Gasteiger partial charge in [0.2, 0.25) is 5.91 Å². The standard InChI is InChI=1S/C21H29N3O5S/c1-3-5-13-28-17-9-7-6-8-15(17)19(26)23-21(30)24-11-10-22-20(27)16(24)14-18(25)29-12-4-2/h6-9,16H,3-5,10-14H2,1-2H3,(H,22,27)(H,23,26,30). The molecule has 1 atom stereocenters. The van der Waals surface area contributed by atoms with E-state index in [1.165, 1.54) is 0 Å². The number of para-hydroxylation sites is 1. The van der Waals surface area contributed by atoms with Crippen LogP contribution in [-0.2, 0) is 14.3 Å². The topological polar surface area (TPSA) is 97.0 Å². The molecule has 1 aromatic rings. The van der Waals surface area contributed by atoms with E-state index in [1.807, 2.05) is 6.92 Å². The van der Waals surface area contributed by atoms with Gasteiger partial charge in [-0.25, -0.2) is 0 Å². The number of carbonyl (C=O) groups is 3. The van der Waals surface area contributed by atoms with Gasteiger partial charge in [0.1, 0.15) is 11.8 Å². The molecule has 2 amide bonds. The minimum Gasteiger partial charge on any atom is -0.493 e. The van der Waals surface area contributed by atoms with Crippen molar-refractivity contribution in [3.63, 3.8) is 0 Å². The van der Waals surface area contributed by atoms with Gasteiger partial charge in [0.05, 0.1) is 25.2 Å². The largest absolute Gasteiger partial charge is 0.493 e. The third-order valence-electron chi connectivity index (χ3n) is 4.53. The number of piperazine rings is 1. The number of esters is 1. The maximum absolute atomic E-state index is 12.8. The molecule has 1 aliphatic heterocycles. The monoisotopic (exact) mass is 435 g/mol. The molecule has 0 saturated carbocycles. The molecule has 30 heavy (non-hydrogen) atoms. The van der Waals surface area contributed by atoms with E-state index in [2.05, 4.69) is 17.6 Å². The van der Waals surface area contributed by atoms with Crippen LogP contribution in [0.25, 0.3) is 0 Å². The van der Waals surface area contributed by atoms with Crippen molar-refractivity contribution in [2.45, 2.75) is 45.6 Å². The van der Waals surface area contributed by atoms with E-state index in [0.29, 0.717) is 44.0 Å². The van der Waals surface area contributed by atoms with Crippen LogP contribution < -0.4 is 15.4 Å². The highest BCUT2D eigenvalue weighted by atomic mass is 32.1. The van der Waals surface area contributed by atoms with Gasteiger partial charge in [-0.1, -0.05) is 32.4 Å². The molecule has 0 radical (unpaired) electrons. The predicted molar refractivity (Wildman–Crippen MR) is 116 cm³/mol. The number of rotatable bonds is 9. The molecule has 1 fully saturated rings. The average molecular weight is 436 g/mol. The molecule has 2 rings (SSSR count). The molecule has 2 N–H and O–H groups in total. The minimum atomic E-state index is -0.827. The van der Waals surface area contributed by atoms with E-state index < -0.39 is 17.9 Å². The number of hydrogen-bond donors (Lipinski definition) is 2. The molecule has 0 bridgehead atoms. The van der Waals surface area contributed by atoms with E-state index in [0.717, 1.165) is 12.8 Å². The lowest BCUT2D eigenvalue weighted by atomic mass is 10.1. The molecule has 1 aromatic carbocycles. The zero-order chi connectivity index (χ0) is 21.9. The maximum atomic E-state index is 12.8. The zero-order valence-electron chi connectivity index (χ0n) is 17.4. The van der Waals surface area contributed by atoms with Crippen LogP contribution in [0, 0.1) is 0 Å². The number of carbonyl (C=O) groups excluding carboxylic acids is 3. The Morgan fingerprint density at radius 2 is 2.00 bits per heavy atom. The van der Waals surface area contributed by atoms with Crippen molar-refractivity contribution in [2.24, 2.45) is 0 Å². The van der Waals surface area contributed by atoms with Crippen molar-refractivity contribution in [3.05, 3.63) is 29.8 Å². The van der Waals surface area contributed by atoms with Crippen LogP contribution in [0.3, 0.4) is 0 Å². The molecule has 164 valence electrons. The number of nitrogens with zero attached hydrogens (tertiary/aromatic N) is 1. The van der Waals surface area contributed by atoms with Crippen LogP contribution in [0.2, 0.25) is 0 Å². The third kappa shape index (κ3) is 6.69. The highest BCUT2D eigenvalue weighted by Gasteiger charge is 2.34. The molecule has 1 saturated heterocycles. The van der Waals surface area contributed by atoms with E-state index in [-0.39, 0.29) is 17.4 Å². The lowest BCUT2D eigenvalue weighted by Crippen LogP contribution is -2.60. The van der Waals surface area contributed by atoms with Crippen molar-refractivity contribution in [3.8, 4) is 5.75 Å². The van der Waals surface area contributed by atoms with Crippen LogP contribution in [-0.4, -0.2) is 60.1 Å². The lowest BCUT2D eigenvalue weighted by molar-refractivity contribution is -0.147. The van der Waals surface area contributed by atoms with Crippen LogP contribution in [0.15, 0.2) is 24.3 Å². The summed E-state index contributed by atoms with van der Waals surface area (Å²) < 4.78 is 10.8. The van der Waals surface area contributed by atoms with Gasteiger partial charge in [0.25, 0.3) is 5.91 Å². The molecule has 8 nitrogen and oxygen atoms in total. The fourth-order valence-electron chi connectivity index (χ4n) is 2.94. The van der Waals surface area contributed by atoms with E-state index in [4.69, 9.17) is 21.7 Å². The highest BCUT2D eigenvalue weighted by molar-refractivity contribution is 7.80. The Morgan fingerprint density at radius 1 is 1.23 bits per heavy atom. The van der Waals surface area contributed by atoms with Crippen molar-refractivity contribution in [1.82, 2.24) is 15.5 Å². The van der Waals surface area contributed by atoms with Gasteiger partial charge in [-0.2, -0.15) is 0 Å². The summed E-state index contributed by atoms with van der Waals surface area (Å²) in [4.78, 5) is 38.7. The molecule has 0 aromatic heterocycles. The van der Waals surface area contributed by atoms with Gasteiger partial charge in [0.15, 0.2) is 5.11 Å². The van der Waals surface area contributed by atoms with Gasteiger partial charge in [0, 0.05) is 13.1 Å². The van der Waals surface area contributed by atoms with Crippen molar-refractivity contribution >= 4 is 35.1 Å². The summed E-state index contributed by atoms with van der Waals surface area (Å²) in [5.74, 6) is -0.755. The lowest BCUT2D eigenvalue weighted by Gasteiger charge is -2.36. The molecule has 1 unspecified atom stereocenters. The molecule has 0 aliphatic carbocycles. The Labute approximate surface area is 182 Å². The number of unbranched alkanes of at least 4 members (excludes halogenated alkanes) is 1. The minimum absolute atomic E-state index is 0.0894. The first-order valence-corrected chi connectivity index (χ1v) is 10.7. The molecule has 0 spiro atoms. The van der Waals surface area contributed by atoms with Crippen LogP contribution in [0.5, 0.6) is 5.75 Å². The normalized spacial score (nSPS) is 15.9. The number of nitrogens with one attached hydrogen (secondary N) is 2. The van der Waals surface area contributed by atoms with Crippen molar-refractivity contribution < 1.29 is 23.9 Å². The Morgan fingerprint density at radius 3 is 2.73 bits per heavy atom. The Hall–Kier alpha value is -2.68. The zero-order valence-corrected chi connectivity index (χ0v) is 18.3. The second-order valence-corrected chi connectivity index (χ2v) is 7.27. The van der Waals surface area contributed by atoms with E-state index in [1.54, 1.807) is 29.2 Å². The summed E-state index contributed by atoms with van der Waals surface area (Å²) in [5, 5.41) is 5.48. The van der Waals surface area contributed by atoms with Gasteiger partial charge < -0.3 is 19.7 Å². The molecule has 9 heteroatoms. The van der Waals surface area contributed by atoms with Gasteiger partial charge in [-0.3, -0.25) is 19.7 Å². The van der Waals surface area contributed by atoms with Gasteiger partial charge in [-0.15, -0.1) is 0 Å². The van der Waals surface area contributed by atoms with Crippen molar-refractivity contribution in [2.75, 3.05) is 26.3 Å². The first-order chi connectivity index (χ1) is 14.5. The van der Waals surface area contributed by atoms with Crippen LogP contribution in [0.1, 0.15) is 49.9 Å². The Bertz CT molecular complexity index is 771. The summed E-state index contributed by atoms with van der Waals surface area (Å²) >= 11 is 5.39. The van der Waals surface area contributed by atoms with Crippen LogP contribution in [0.4, 0.5) is 0 Å². The predicted octanol–water partition coefficient (Wildman–Crippen LogP) is 2.02. The fourth-order valence-corrected chi connectivity index (χ4v) is 3.25. The maximum Gasteiger partial charge on any atom is 0.308 e. The highest BCUT2D eigenvalue weighted by Crippen LogP contribution is 2.19. The SMILES string of the molecule is CCCCOc1ccccc1C(=O)NC(=S)N1CCNC(=O)C1CC(=O)OCCC. The van der Waals surface area contributed by atoms with Crippen LogP contribution >= 0.6 is 12.2 Å². The fraction of sp³-hybridized carbons (Fsp3) is 0.524. The van der Waals surface area contributed by atoms with Gasteiger partial charge >= 0.3 is 5.97 Å². The number of amides is 2. The Balaban J connectivity index is 2.06. The molecule has 1 aliphatic rings. The molecular formula is C21H29N3O5S. The molecule has 1 heterocycles. The number of thiocarbonyl (C=S) groups is 1. The van der Waals surface area contributed by atoms with Crippen molar-refractivity contribution in [1.29, 1.82) is 0 Å². The summed E-state index contributed by atoms with van der Waals surface area (Å²) in [5.41, 5.74) is 0.358. The summed E-state index contributed by atoms with van der Waals surface area (Å²) in [7, 11) is 0. The third-order valence-corrected chi connectivity index (χ3v) is 4.86. The molecular weight excluding hydrogens is 406 g/mol. The summed E-state index contributed by atoms with van der Waals surface area (Å²) in [6, 6.07) is 6.09. The number of hydrogen-bond acceptors (Lipinski definition) is 6. The first-order valence-electron chi connectivity index (χ1n) is 10.2. The van der Waals surface area contributed by atoms with Gasteiger partial charge in [-0.05, 0) is 37.2 Å². The summed E-state index contributed by atoms with van der Waals surface area (Å²) in [6.45, 7) is 5.50. The first kappa shape index (κ1) is 23.6. The second kappa shape index (κ2) is 12.1. The number of ether oxygens (including phenoxy) is 2. The second-order valence-electron chi connectivity index (χ2n) is 6.88. The van der Waals surface area contributed by atoms with E-state index >= 15 is 0 Å². The smallest absolute Gasteiger partial charge is 0.308 e.